The molecule has 1 heterocycles. The molecule has 1 aliphatic carbocycles. The second kappa shape index (κ2) is 13.8. The second-order valence-corrected chi connectivity index (χ2v) is 25.5. The number of halogens is 3. The zero-order chi connectivity index (χ0) is 38.6. The van der Waals surface area contributed by atoms with Gasteiger partial charge in [0.1, 0.15) is 0 Å². The van der Waals surface area contributed by atoms with Gasteiger partial charge in [0.2, 0.25) is 0 Å². The lowest BCUT2D eigenvalue weighted by atomic mass is 9.94. The third kappa shape index (κ3) is 6.28. The summed E-state index contributed by atoms with van der Waals surface area (Å²) in [6.45, 7) is 13.6. The van der Waals surface area contributed by atoms with Crippen molar-refractivity contribution in [2.24, 2.45) is 5.41 Å². The third-order valence-corrected chi connectivity index (χ3v) is 21.6. The van der Waals surface area contributed by atoms with Gasteiger partial charge in [-0.1, -0.05) is 163 Å². The molecule has 0 saturated heterocycles. The van der Waals surface area contributed by atoms with Gasteiger partial charge in [0.25, 0.3) is 22.5 Å². The Kier molecular flexibility index (Phi) is 9.70. The molecule has 54 heavy (non-hydrogen) atoms. The molecule has 4 nitrogen and oxygen atoms in total. The highest BCUT2D eigenvalue weighted by molar-refractivity contribution is 7.00. The van der Waals surface area contributed by atoms with Gasteiger partial charge in [-0.05, 0) is 54.6 Å². The summed E-state index contributed by atoms with van der Waals surface area (Å²) >= 11 is 0. The Morgan fingerprint density at radius 3 is 1.30 bits per heavy atom. The topological polar surface area (TPSA) is 47.6 Å². The first-order chi connectivity index (χ1) is 25.6. The molecule has 5 aromatic carbocycles. The molecule has 0 aromatic heterocycles. The third-order valence-electron chi connectivity index (χ3n) is 11.7. The van der Waals surface area contributed by atoms with Crippen molar-refractivity contribution in [2.75, 3.05) is 13.2 Å². The number of nitrogens with one attached hydrogen (secondary N) is 1. The number of benzene rings is 5. The van der Waals surface area contributed by atoms with Gasteiger partial charge < -0.3 is 14.2 Å². The van der Waals surface area contributed by atoms with Crippen LogP contribution in [0.15, 0.2) is 140 Å². The maximum absolute atomic E-state index is 14.3. The lowest BCUT2D eigenvalue weighted by molar-refractivity contribution is -0.137. The molecule has 2 aliphatic rings. The Hall–Kier alpha value is -4.29. The minimum Gasteiger partial charge on any atom is -0.407 e. The first-order valence-electron chi connectivity index (χ1n) is 18.6. The van der Waals surface area contributed by atoms with Crippen molar-refractivity contribution in [2.45, 2.75) is 69.8 Å². The number of carbonyl (C=O) groups excluding carboxylic acids is 1. The van der Waals surface area contributed by atoms with Crippen LogP contribution in [0.1, 0.15) is 68.9 Å². The van der Waals surface area contributed by atoms with E-state index in [2.05, 4.69) is 95.4 Å². The van der Waals surface area contributed by atoms with Crippen molar-refractivity contribution >= 4 is 43.3 Å². The lowest BCUT2D eigenvalue weighted by Crippen LogP contribution is -2.68. The maximum Gasteiger partial charge on any atom is 0.416 e. The van der Waals surface area contributed by atoms with Crippen molar-refractivity contribution in [3.8, 4) is 0 Å². The largest absolute Gasteiger partial charge is 0.416 e. The van der Waals surface area contributed by atoms with Gasteiger partial charge in [0, 0.05) is 36.2 Å². The molecule has 0 unspecified atom stereocenters. The molecule has 9 heteroatoms. The van der Waals surface area contributed by atoms with E-state index in [0.29, 0.717) is 5.56 Å². The van der Waals surface area contributed by atoms with Gasteiger partial charge in [-0.25, -0.2) is 0 Å². The number of amides is 1. The van der Waals surface area contributed by atoms with E-state index in [1.54, 1.807) is 0 Å². The van der Waals surface area contributed by atoms with E-state index in [1.807, 2.05) is 72.8 Å². The summed E-state index contributed by atoms with van der Waals surface area (Å²) < 4.78 is 58.0. The first-order valence-corrected chi connectivity index (χ1v) is 22.4. The molecule has 0 radical (unpaired) electrons. The number of fused-ring (bicyclic) bond motifs is 3. The lowest BCUT2D eigenvalue weighted by Gasteiger charge is -2.45. The Morgan fingerprint density at radius 1 is 0.593 bits per heavy atom. The summed E-state index contributed by atoms with van der Waals surface area (Å²) in [6.07, 6.45) is -4.56. The second-order valence-electron chi connectivity index (χ2n) is 16.9. The molecule has 7 rings (SSSR count). The van der Waals surface area contributed by atoms with Crippen LogP contribution in [0.25, 0.3) is 0 Å². The molecular weight excluding hydrogens is 716 g/mol. The smallest absolute Gasteiger partial charge is 0.407 e. The highest BCUT2D eigenvalue weighted by atomic mass is 28.4. The number of hydrogen-bond acceptors (Lipinski definition) is 3. The van der Waals surface area contributed by atoms with Gasteiger partial charge in [0.15, 0.2) is 0 Å². The average molecular weight is 764 g/mol. The van der Waals surface area contributed by atoms with Crippen LogP contribution in [0.2, 0.25) is 10.1 Å². The monoisotopic (exact) mass is 763 g/mol. The summed E-state index contributed by atoms with van der Waals surface area (Å²) in [4.78, 5) is 13.7. The zero-order valence-electron chi connectivity index (χ0n) is 31.7. The molecule has 0 spiro atoms. The quantitative estimate of drug-likeness (QED) is 0.147. The van der Waals surface area contributed by atoms with Crippen LogP contribution in [0.5, 0.6) is 0 Å². The Bertz CT molecular complexity index is 1910. The summed E-state index contributed by atoms with van der Waals surface area (Å²) in [5, 5.41) is 6.91. The van der Waals surface area contributed by atoms with E-state index in [-0.39, 0.29) is 34.8 Å². The van der Waals surface area contributed by atoms with Crippen LogP contribution in [0.3, 0.4) is 0 Å². The predicted octanol–water partition coefficient (Wildman–Crippen LogP) is 8.05. The molecule has 1 saturated carbocycles. The maximum atomic E-state index is 14.3. The number of carbonyl (C=O) groups is 1. The van der Waals surface area contributed by atoms with E-state index < -0.39 is 45.7 Å². The van der Waals surface area contributed by atoms with E-state index in [4.69, 9.17) is 8.85 Å². The minimum atomic E-state index is -4.56. The number of hydrogen-bond donors (Lipinski definition) is 1. The molecule has 1 N–H and O–H groups in total. The predicted molar refractivity (Wildman–Crippen MR) is 215 cm³/mol. The molecule has 280 valence electrons. The van der Waals surface area contributed by atoms with Gasteiger partial charge in [-0.3, -0.25) is 4.79 Å². The summed E-state index contributed by atoms with van der Waals surface area (Å²) in [5.41, 5.74) is -0.973. The van der Waals surface area contributed by atoms with Gasteiger partial charge in [0.05, 0.1) is 5.56 Å². The Morgan fingerprint density at radius 2 is 0.963 bits per heavy atom. The van der Waals surface area contributed by atoms with E-state index in [0.717, 1.165) is 26.8 Å². The highest BCUT2D eigenvalue weighted by Gasteiger charge is 2.70. The van der Waals surface area contributed by atoms with Crippen LogP contribution in [-0.4, -0.2) is 41.8 Å². The molecular formula is C45H48F3NO3Si2. The molecule has 1 fully saturated rings. The normalized spacial score (nSPS) is 18.4. The minimum absolute atomic E-state index is 0.170. The van der Waals surface area contributed by atoms with Gasteiger partial charge >= 0.3 is 6.18 Å². The highest BCUT2D eigenvalue weighted by Crippen LogP contribution is 2.63. The molecule has 2 atom stereocenters. The van der Waals surface area contributed by atoms with Crippen LogP contribution >= 0.6 is 0 Å². The average Bonchev–Trinajstić information content (AvgIpc) is 3.78. The zero-order valence-corrected chi connectivity index (χ0v) is 33.7. The van der Waals surface area contributed by atoms with Crippen molar-refractivity contribution in [1.82, 2.24) is 5.32 Å². The van der Waals surface area contributed by atoms with E-state index in [9.17, 15) is 18.0 Å². The Balaban J connectivity index is 1.41. The van der Waals surface area contributed by atoms with Crippen LogP contribution in [-0.2, 0) is 15.0 Å². The number of rotatable bonds is 10. The van der Waals surface area contributed by atoms with Gasteiger partial charge in [-0.2, -0.15) is 13.2 Å². The van der Waals surface area contributed by atoms with Crippen molar-refractivity contribution < 1.29 is 26.8 Å². The molecule has 0 bridgehead atoms. The number of alkyl halides is 3. The molecule has 5 aromatic rings. The first kappa shape index (κ1) is 38.0. The molecule has 1 amide bonds. The van der Waals surface area contributed by atoms with Crippen LogP contribution in [0, 0.1) is 5.41 Å². The summed E-state index contributed by atoms with van der Waals surface area (Å²) in [5.74, 6) is -0.832. The summed E-state index contributed by atoms with van der Waals surface area (Å²) in [6, 6.07) is 44.3. The standard InChI is InChI=1S/C45H48F3NO3Si2/c1-42(2,3)53(33-19-11-7-12-20-33,34-21-13-8-14-22-34)51-30-44(39-38-29-32(45(46,47)48)27-28-37(38)41(50)49-40(39)44)31-52-54(43(4,5)6,35-23-15-9-16-24-35)36-25-17-10-18-26-36/h7-29,39-40H,30-31H2,1-6H3,(H,49,50)/t39-,40+/m1/s1. The van der Waals surface area contributed by atoms with E-state index in [1.165, 1.54) is 12.1 Å². The fourth-order valence-corrected chi connectivity index (χ4v) is 18.3. The fourth-order valence-electron chi connectivity index (χ4n) is 9.04. The SMILES string of the molecule is CC(C)(C)[Si](OCC1(CO[Si](c2ccccc2)(c2ccccc2)C(C)(C)C)[C@@H]2c3cc(C(F)(F)F)ccc3C(=O)N[C@@H]21)(c1ccccc1)c1ccccc1. The van der Waals surface area contributed by atoms with Gasteiger partial charge in [-0.15, -0.1) is 0 Å². The summed E-state index contributed by atoms with van der Waals surface area (Å²) in [7, 11) is -6.22. The van der Waals surface area contributed by atoms with Crippen molar-refractivity contribution in [3.63, 3.8) is 0 Å². The van der Waals surface area contributed by atoms with Crippen LogP contribution in [0.4, 0.5) is 13.2 Å². The Labute approximate surface area is 319 Å². The van der Waals surface area contributed by atoms with Crippen LogP contribution < -0.4 is 26.1 Å². The van der Waals surface area contributed by atoms with Crippen molar-refractivity contribution in [1.29, 1.82) is 0 Å². The fraction of sp³-hybridized carbons (Fsp3) is 0.311. The van der Waals surface area contributed by atoms with Crippen molar-refractivity contribution in [3.05, 3.63) is 156 Å². The van der Waals surface area contributed by atoms with E-state index >= 15 is 0 Å². The molecule has 1 aliphatic heterocycles.